The molecule has 0 unspecified atom stereocenters. The molecule has 0 amide bonds. The van der Waals surface area contributed by atoms with E-state index in [1.54, 1.807) is 0 Å². The van der Waals surface area contributed by atoms with Crippen LogP contribution >= 0.6 is 0 Å². The SMILES string of the molecule is c1ccc(N2c3ccccc3C3(c4ccccc4Oc4c3ccc3c4c4ccccc4n3-c3ccc(-c4nc5ccccc5n4-c4ccccc4)cc3)c3ccccc32)cc1. The zero-order chi connectivity index (χ0) is 40.1. The molecule has 61 heavy (non-hydrogen) atoms. The number of fused-ring (bicyclic) bond motifs is 13. The minimum absolute atomic E-state index is 0.661. The zero-order valence-electron chi connectivity index (χ0n) is 33.0. The van der Waals surface area contributed by atoms with E-state index in [1.165, 1.54) is 11.1 Å². The smallest absolute Gasteiger partial charge is 0.145 e. The molecule has 11 aromatic rings. The van der Waals surface area contributed by atoms with Crippen molar-refractivity contribution in [3.63, 3.8) is 0 Å². The van der Waals surface area contributed by atoms with E-state index in [0.717, 1.165) is 95.3 Å². The van der Waals surface area contributed by atoms with Gasteiger partial charge in [-0.05, 0) is 102 Å². The molecule has 13 rings (SSSR count). The zero-order valence-corrected chi connectivity index (χ0v) is 33.0. The van der Waals surface area contributed by atoms with Crippen LogP contribution in [0.25, 0.3) is 55.6 Å². The van der Waals surface area contributed by atoms with Gasteiger partial charge in [0.1, 0.15) is 17.3 Å². The molecule has 9 aromatic carbocycles. The van der Waals surface area contributed by atoms with Gasteiger partial charge < -0.3 is 14.2 Å². The molecule has 0 aliphatic carbocycles. The van der Waals surface area contributed by atoms with Crippen molar-refractivity contribution in [1.82, 2.24) is 14.1 Å². The summed E-state index contributed by atoms with van der Waals surface area (Å²) in [5, 5.41) is 2.24. The maximum absolute atomic E-state index is 7.24. The van der Waals surface area contributed by atoms with Gasteiger partial charge >= 0.3 is 0 Å². The molecular weight excluding hydrogens is 745 g/mol. The van der Waals surface area contributed by atoms with Crippen molar-refractivity contribution in [2.75, 3.05) is 4.90 Å². The van der Waals surface area contributed by atoms with Crippen molar-refractivity contribution in [1.29, 1.82) is 0 Å². The second-order valence-electron chi connectivity index (χ2n) is 15.9. The van der Waals surface area contributed by atoms with Gasteiger partial charge in [-0.3, -0.25) is 4.57 Å². The van der Waals surface area contributed by atoms with Gasteiger partial charge in [-0.25, -0.2) is 4.98 Å². The number of nitrogens with zero attached hydrogens (tertiary/aromatic N) is 4. The fourth-order valence-corrected chi connectivity index (χ4v) is 10.3. The number of imidazole rings is 1. The Kier molecular flexibility index (Phi) is 7.16. The topological polar surface area (TPSA) is 35.2 Å². The van der Waals surface area contributed by atoms with E-state index in [4.69, 9.17) is 9.72 Å². The minimum atomic E-state index is -0.661. The Morgan fingerprint density at radius 1 is 0.393 bits per heavy atom. The van der Waals surface area contributed by atoms with Crippen molar-refractivity contribution in [2.24, 2.45) is 0 Å². The summed E-state index contributed by atoms with van der Waals surface area (Å²) in [6.07, 6.45) is 0. The molecule has 0 fully saturated rings. The molecule has 286 valence electrons. The molecule has 2 aliphatic rings. The molecule has 0 saturated heterocycles. The van der Waals surface area contributed by atoms with Crippen LogP contribution in [0.3, 0.4) is 0 Å². The predicted molar refractivity (Wildman–Crippen MR) is 247 cm³/mol. The molecule has 0 radical (unpaired) electrons. The Morgan fingerprint density at radius 3 is 1.70 bits per heavy atom. The summed E-state index contributed by atoms with van der Waals surface area (Å²) in [4.78, 5) is 7.56. The highest BCUT2D eigenvalue weighted by Crippen LogP contribution is 2.64. The second kappa shape index (κ2) is 12.9. The Balaban J connectivity index is 1.05. The Hall–Kier alpha value is -8.15. The first-order valence-electron chi connectivity index (χ1n) is 20.8. The lowest BCUT2D eigenvalue weighted by Gasteiger charge is -2.48. The molecular formula is C56H36N4O. The van der Waals surface area contributed by atoms with Crippen LogP contribution in [0.2, 0.25) is 0 Å². The van der Waals surface area contributed by atoms with Gasteiger partial charge in [-0.1, -0.05) is 127 Å². The number of aromatic nitrogens is 3. The maximum atomic E-state index is 7.24. The summed E-state index contributed by atoms with van der Waals surface area (Å²) >= 11 is 0. The van der Waals surface area contributed by atoms with E-state index in [-0.39, 0.29) is 0 Å². The van der Waals surface area contributed by atoms with Gasteiger partial charge in [-0.2, -0.15) is 0 Å². The lowest BCUT2D eigenvalue weighted by Crippen LogP contribution is -2.39. The Morgan fingerprint density at radius 2 is 0.967 bits per heavy atom. The van der Waals surface area contributed by atoms with Gasteiger partial charge in [0.15, 0.2) is 0 Å². The van der Waals surface area contributed by atoms with Crippen molar-refractivity contribution in [3.8, 4) is 34.3 Å². The summed E-state index contributed by atoms with van der Waals surface area (Å²) in [5.74, 6) is 2.66. The third kappa shape index (κ3) is 4.68. The molecule has 0 saturated carbocycles. The van der Waals surface area contributed by atoms with Crippen molar-refractivity contribution in [3.05, 3.63) is 241 Å². The van der Waals surface area contributed by atoms with E-state index in [0.29, 0.717) is 0 Å². The average molecular weight is 781 g/mol. The standard InChI is InChI=1S/C56H36N4O/c1-3-17-38(18-4-1)59-48-27-13-8-22-42(48)56(43-23-9-14-28-49(43)59)44-24-10-16-30-52(44)61-54-45(56)35-36-51-53(54)41-21-7-12-26-47(41)58(51)40-33-31-37(32-34-40)55-57-46-25-11-15-29-50(46)60(55)39-19-5-2-6-20-39/h1-36H. The highest BCUT2D eigenvalue weighted by Gasteiger charge is 2.51. The quantitative estimate of drug-likeness (QED) is 0.178. The lowest BCUT2D eigenvalue weighted by atomic mass is 9.61. The van der Waals surface area contributed by atoms with Crippen molar-refractivity contribution in [2.45, 2.75) is 5.41 Å². The number of anilines is 3. The monoisotopic (exact) mass is 780 g/mol. The van der Waals surface area contributed by atoms with E-state index < -0.39 is 5.41 Å². The molecule has 0 atom stereocenters. The van der Waals surface area contributed by atoms with Crippen molar-refractivity contribution >= 4 is 49.9 Å². The average Bonchev–Trinajstić information content (AvgIpc) is 3.89. The van der Waals surface area contributed by atoms with Crippen LogP contribution in [0.5, 0.6) is 11.5 Å². The molecule has 5 heteroatoms. The molecule has 0 bridgehead atoms. The van der Waals surface area contributed by atoms with Crippen LogP contribution in [0, 0.1) is 0 Å². The first-order valence-corrected chi connectivity index (χ1v) is 20.8. The molecule has 5 nitrogen and oxygen atoms in total. The lowest BCUT2D eigenvalue weighted by molar-refractivity contribution is 0.439. The fraction of sp³-hybridized carbons (Fsp3) is 0.0179. The number of ether oxygens (including phenoxy) is 1. The number of hydrogen-bond acceptors (Lipinski definition) is 3. The summed E-state index contributed by atoms with van der Waals surface area (Å²) in [6.45, 7) is 0. The van der Waals surface area contributed by atoms with E-state index >= 15 is 0 Å². The summed E-state index contributed by atoms with van der Waals surface area (Å²) < 4.78 is 11.9. The van der Waals surface area contributed by atoms with Gasteiger partial charge in [-0.15, -0.1) is 0 Å². The highest BCUT2D eigenvalue weighted by atomic mass is 16.5. The van der Waals surface area contributed by atoms with E-state index in [2.05, 4.69) is 226 Å². The first kappa shape index (κ1) is 33.8. The van der Waals surface area contributed by atoms with Crippen LogP contribution in [0.4, 0.5) is 17.1 Å². The van der Waals surface area contributed by atoms with Crippen LogP contribution in [-0.4, -0.2) is 14.1 Å². The highest BCUT2D eigenvalue weighted by molar-refractivity contribution is 6.13. The molecule has 4 heterocycles. The molecule has 0 N–H and O–H groups in total. The van der Waals surface area contributed by atoms with E-state index in [1.807, 2.05) is 6.07 Å². The van der Waals surface area contributed by atoms with Crippen LogP contribution in [0.1, 0.15) is 22.3 Å². The largest absolute Gasteiger partial charge is 0.456 e. The normalized spacial score (nSPS) is 13.5. The number of hydrogen-bond donors (Lipinski definition) is 0. The third-order valence-electron chi connectivity index (χ3n) is 12.8. The summed E-state index contributed by atoms with van der Waals surface area (Å²) in [7, 11) is 0. The minimum Gasteiger partial charge on any atom is -0.456 e. The van der Waals surface area contributed by atoms with Gasteiger partial charge in [0.2, 0.25) is 0 Å². The maximum Gasteiger partial charge on any atom is 0.145 e. The van der Waals surface area contributed by atoms with Gasteiger partial charge in [0.25, 0.3) is 0 Å². The Bertz CT molecular complexity index is 3460. The number of benzene rings is 9. The van der Waals surface area contributed by atoms with Gasteiger partial charge in [0.05, 0.1) is 44.2 Å². The molecule has 2 aliphatic heterocycles. The third-order valence-corrected chi connectivity index (χ3v) is 12.8. The second-order valence-corrected chi connectivity index (χ2v) is 15.9. The van der Waals surface area contributed by atoms with Crippen LogP contribution in [0.15, 0.2) is 218 Å². The summed E-state index contributed by atoms with van der Waals surface area (Å²) in [6, 6.07) is 78.2. The van der Waals surface area contributed by atoms with E-state index in [9.17, 15) is 0 Å². The molecule has 1 spiro atoms. The van der Waals surface area contributed by atoms with Crippen LogP contribution in [-0.2, 0) is 5.41 Å². The number of para-hydroxylation sites is 8. The summed E-state index contributed by atoms with van der Waals surface area (Å²) in [5.41, 5.74) is 14.9. The predicted octanol–water partition coefficient (Wildman–Crippen LogP) is 14.1. The van der Waals surface area contributed by atoms with Gasteiger partial charge in [0, 0.05) is 39.1 Å². The van der Waals surface area contributed by atoms with Crippen molar-refractivity contribution < 1.29 is 4.74 Å². The fourth-order valence-electron chi connectivity index (χ4n) is 10.3. The Labute approximate surface area is 352 Å². The van der Waals surface area contributed by atoms with Crippen LogP contribution < -0.4 is 9.64 Å². The molecule has 2 aromatic heterocycles. The first-order chi connectivity index (χ1) is 30.3. The number of rotatable bonds is 4.